The van der Waals surface area contributed by atoms with Crippen molar-refractivity contribution in [3.63, 3.8) is 0 Å². The number of aromatic nitrogens is 2. The molecule has 0 amide bonds. The van der Waals surface area contributed by atoms with E-state index in [1.165, 1.54) is 0 Å². The van der Waals surface area contributed by atoms with E-state index in [2.05, 4.69) is 11.1 Å². The predicted molar refractivity (Wildman–Crippen MR) is 93.8 cm³/mol. The van der Waals surface area contributed by atoms with Gasteiger partial charge in [-0.25, -0.2) is 13.4 Å². The smallest absolute Gasteiger partial charge is 0.180 e. The molecule has 0 aliphatic rings. The summed E-state index contributed by atoms with van der Waals surface area (Å²) in [4.78, 5) is 4.44. The minimum absolute atomic E-state index is 0.0775. The van der Waals surface area contributed by atoms with Gasteiger partial charge in [0.25, 0.3) is 0 Å². The maximum absolute atomic E-state index is 11.7. The van der Waals surface area contributed by atoms with Gasteiger partial charge in [0.2, 0.25) is 0 Å². The summed E-state index contributed by atoms with van der Waals surface area (Å²) in [5.41, 5.74) is 2.50. The molecule has 128 valence electrons. The minimum atomic E-state index is -3.26. The average molecular weight is 355 g/mol. The quantitative estimate of drug-likeness (QED) is 0.678. The molecule has 0 bridgehead atoms. The van der Waals surface area contributed by atoms with Crippen molar-refractivity contribution < 1.29 is 13.2 Å². The van der Waals surface area contributed by atoms with Crippen LogP contribution < -0.4 is 4.74 Å². The summed E-state index contributed by atoms with van der Waals surface area (Å²) in [6.45, 7) is 0.377. The lowest BCUT2D eigenvalue weighted by Gasteiger charge is -2.07. The molecule has 0 spiro atoms. The Morgan fingerprint density at radius 3 is 2.64 bits per heavy atom. The van der Waals surface area contributed by atoms with Crippen LogP contribution in [-0.2, 0) is 28.6 Å². The number of imidazole rings is 1. The molecule has 2 heterocycles. The van der Waals surface area contributed by atoms with Crippen molar-refractivity contribution in [2.75, 3.05) is 6.26 Å². The van der Waals surface area contributed by atoms with Gasteiger partial charge in [0, 0.05) is 12.5 Å². The van der Waals surface area contributed by atoms with Gasteiger partial charge in [0.05, 0.1) is 29.6 Å². The molecular formula is C18H17N3O3S. The van der Waals surface area contributed by atoms with Gasteiger partial charge in [-0.15, -0.1) is 0 Å². The minimum Gasteiger partial charge on any atom is -0.485 e. The highest BCUT2D eigenvalue weighted by molar-refractivity contribution is 7.89. The zero-order valence-corrected chi connectivity index (χ0v) is 14.5. The summed E-state index contributed by atoms with van der Waals surface area (Å²) >= 11 is 0. The molecular weight excluding hydrogens is 338 g/mol. The summed E-state index contributed by atoms with van der Waals surface area (Å²) in [7, 11) is -3.26. The number of fused-ring (bicyclic) bond motifs is 1. The fourth-order valence-electron chi connectivity index (χ4n) is 2.61. The number of rotatable bonds is 6. The maximum atomic E-state index is 11.7. The van der Waals surface area contributed by atoms with Gasteiger partial charge in [0.1, 0.15) is 6.61 Å². The van der Waals surface area contributed by atoms with E-state index in [-0.39, 0.29) is 12.2 Å². The lowest BCUT2D eigenvalue weighted by Crippen LogP contribution is -2.04. The Labute approximate surface area is 146 Å². The third-order valence-corrected chi connectivity index (χ3v) is 4.48. The van der Waals surface area contributed by atoms with Gasteiger partial charge < -0.3 is 4.74 Å². The number of hydrogen-bond acceptors (Lipinski definition) is 5. The second-order valence-corrected chi connectivity index (χ2v) is 7.89. The van der Waals surface area contributed by atoms with Crippen LogP contribution in [0.4, 0.5) is 0 Å². The van der Waals surface area contributed by atoms with Crippen molar-refractivity contribution in [3.8, 4) is 11.8 Å². The number of sulfone groups is 1. The Balaban J connectivity index is 2.00. The molecule has 3 aromatic rings. The largest absolute Gasteiger partial charge is 0.485 e. The highest BCUT2D eigenvalue weighted by atomic mass is 32.2. The van der Waals surface area contributed by atoms with Crippen LogP contribution in [0.3, 0.4) is 0 Å². The molecule has 0 N–H and O–H groups in total. The van der Waals surface area contributed by atoms with Crippen LogP contribution in [0.15, 0.2) is 48.7 Å². The van der Waals surface area contributed by atoms with E-state index in [4.69, 9.17) is 10.00 Å². The Bertz CT molecular complexity index is 1030. The molecule has 0 saturated carbocycles. The van der Waals surface area contributed by atoms with Gasteiger partial charge in [-0.1, -0.05) is 30.3 Å². The Morgan fingerprint density at radius 2 is 1.96 bits per heavy atom. The van der Waals surface area contributed by atoms with Gasteiger partial charge in [-0.3, -0.25) is 4.40 Å². The van der Waals surface area contributed by atoms with Crippen LogP contribution in [0.2, 0.25) is 0 Å². The zero-order chi connectivity index (χ0) is 17.9. The summed E-state index contributed by atoms with van der Waals surface area (Å²) in [5.74, 6) is 0.342. The third-order valence-electron chi connectivity index (χ3n) is 3.68. The monoisotopic (exact) mass is 355 g/mol. The summed E-state index contributed by atoms with van der Waals surface area (Å²) in [6, 6.07) is 15.4. The van der Waals surface area contributed by atoms with Crippen molar-refractivity contribution in [1.29, 1.82) is 5.26 Å². The average Bonchev–Trinajstić information content (AvgIpc) is 2.91. The summed E-state index contributed by atoms with van der Waals surface area (Å²) in [6.07, 6.45) is 2.99. The third kappa shape index (κ3) is 3.98. The molecule has 0 radical (unpaired) electrons. The topological polar surface area (TPSA) is 84.5 Å². The Morgan fingerprint density at radius 1 is 1.20 bits per heavy atom. The molecule has 1 aromatic carbocycles. The van der Waals surface area contributed by atoms with Crippen molar-refractivity contribution in [2.24, 2.45) is 0 Å². The van der Waals surface area contributed by atoms with Crippen LogP contribution in [0, 0.1) is 11.3 Å². The van der Waals surface area contributed by atoms with Crippen molar-refractivity contribution in [2.45, 2.75) is 18.8 Å². The molecule has 0 aliphatic carbocycles. The maximum Gasteiger partial charge on any atom is 0.180 e. The number of nitrogens with zero attached hydrogens (tertiary/aromatic N) is 3. The number of ether oxygens (including phenoxy) is 1. The van der Waals surface area contributed by atoms with E-state index in [1.807, 2.05) is 30.3 Å². The Kier molecular flexibility index (Phi) is 4.72. The lowest BCUT2D eigenvalue weighted by molar-refractivity contribution is 0.308. The van der Waals surface area contributed by atoms with Crippen LogP contribution in [0.25, 0.3) is 5.65 Å². The first-order valence-electron chi connectivity index (χ1n) is 7.68. The molecule has 0 saturated heterocycles. The second kappa shape index (κ2) is 6.95. The Hall–Kier alpha value is -2.85. The van der Waals surface area contributed by atoms with E-state index in [1.54, 1.807) is 22.7 Å². The fourth-order valence-corrected chi connectivity index (χ4v) is 3.34. The van der Waals surface area contributed by atoms with E-state index >= 15 is 0 Å². The zero-order valence-electron chi connectivity index (χ0n) is 13.7. The molecule has 6 nitrogen and oxygen atoms in total. The number of hydrogen-bond donors (Lipinski definition) is 0. The van der Waals surface area contributed by atoms with Gasteiger partial charge in [-0.2, -0.15) is 5.26 Å². The van der Waals surface area contributed by atoms with E-state index in [0.29, 0.717) is 29.4 Å². The second-order valence-electron chi connectivity index (χ2n) is 5.75. The highest BCUT2D eigenvalue weighted by Gasteiger charge is 2.18. The normalized spacial score (nSPS) is 11.4. The van der Waals surface area contributed by atoms with E-state index in [9.17, 15) is 8.42 Å². The molecule has 0 fully saturated rings. The number of pyridine rings is 1. The van der Waals surface area contributed by atoms with Crippen LogP contribution in [0.1, 0.15) is 17.0 Å². The molecule has 0 atom stereocenters. The lowest BCUT2D eigenvalue weighted by atomic mass is 10.2. The SMILES string of the molecule is CS(=O)(=O)Cc1nc2c(OCc3ccccc3)cccn2c1CC#N. The van der Waals surface area contributed by atoms with Gasteiger partial charge >= 0.3 is 0 Å². The summed E-state index contributed by atoms with van der Waals surface area (Å²) in [5, 5.41) is 9.07. The standard InChI is InChI=1S/C18H17N3O3S/c1-25(22,23)13-15-16(9-10-19)21-11-5-8-17(18(21)20-15)24-12-14-6-3-2-4-7-14/h2-8,11H,9,12-13H2,1H3. The van der Waals surface area contributed by atoms with Crippen molar-refractivity contribution >= 4 is 15.5 Å². The fraction of sp³-hybridized carbons (Fsp3) is 0.222. The highest BCUT2D eigenvalue weighted by Crippen LogP contribution is 2.24. The van der Waals surface area contributed by atoms with Crippen molar-refractivity contribution in [3.05, 3.63) is 65.6 Å². The molecule has 3 rings (SSSR count). The molecule has 0 unspecified atom stereocenters. The number of benzene rings is 1. The molecule has 25 heavy (non-hydrogen) atoms. The first kappa shape index (κ1) is 17.0. The number of nitriles is 1. The van der Waals surface area contributed by atoms with Crippen LogP contribution in [0.5, 0.6) is 5.75 Å². The van der Waals surface area contributed by atoms with E-state index < -0.39 is 9.84 Å². The van der Waals surface area contributed by atoms with E-state index in [0.717, 1.165) is 11.8 Å². The molecule has 2 aromatic heterocycles. The van der Waals surface area contributed by atoms with Crippen LogP contribution in [-0.4, -0.2) is 24.1 Å². The predicted octanol–water partition coefficient (Wildman–Crippen LogP) is 2.52. The van der Waals surface area contributed by atoms with Gasteiger partial charge in [0.15, 0.2) is 21.2 Å². The molecule has 7 heteroatoms. The molecule has 0 aliphatic heterocycles. The first-order valence-corrected chi connectivity index (χ1v) is 9.74. The first-order chi connectivity index (χ1) is 12.0. The summed E-state index contributed by atoms with van der Waals surface area (Å²) < 4.78 is 30.9. The van der Waals surface area contributed by atoms with Crippen molar-refractivity contribution in [1.82, 2.24) is 9.38 Å². The van der Waals surface area contributed by atoms with Crippen LogP contribution >= 0.6 is 0 Å². The van der Waals surface area contributed by atoms with Gasteiger partial charge in [-0.05, 0) is 17.7 Å².